The molecule has 0 N–H and O–H groups in total. The van der Waals surface area contributed by atoms with Crippen LogP contribution in [0.25, 0.3) is 11.3 Å². The third-order valence-electron chi connectivity index (χ3n) is 3.15. The molecule has 0 atom stereocenters. The van der Waals surface area contributed by atoms with Gasteiger partial charge in [0, 0.05) is 21.6 Å². The highest BCUT2D eigenvalue weighted by Crippen LogP contribution is 2.33. The van der Waals surface area contributed by atoms with Crippen LogP contribution in [-0.2, 0) is 9.84 Å². The second kappa shape index (κ2) is 5.91. The molecule has 2 aromatic carbocycles. The second-order valence-corrected chi connectivity index (χ2v) is 8.55. The average molecular weight is 395 g/mol. The summed E-state index contributed by atoms with van der Waals surface area (Å²) < 4.78 is 30.5. The van der Waals surface area contributed by atoms with E-state index in [-0.39, 0.29) is 9.10 Å². The lowest BCUT2D eigenvalue weighted by molar-refractivity contribution is 0.598. The minimum Gasteiger partial charge on any atom is -0.218 e. The summed E-state index contributed by atoms with van der Waals surface area (Å²) in [7, 11) is -3.62. The molecule has 0 saturated heterocycles. The van der Waals surface area contributed by atoms with Gasteiger partial charge in [0.2, 0.25) is 9.84 Å². The van der Waals surface area contributed by atoms with Gasteiger partial charge < -0.3 is 0 Å². The van der Waals surface area contributed by atoms with Gasteiger partial charge in [0.1, 0.15) is 5.69 Å². The van der Waals surface area contributed by atoms with Crippen molar-refractivity contribution in [3.63, 3.8) is 0 Å². The van der Waals surface area contributed by atoms with Gasteiger partial charge in [0.15, 0.2) is 4.21 Å². The van der Waals surface area contributed by atoms with Crippen LogP contribution in [0, 0.1) is 6.92 Å². The van der Waals surface area contributed by atoms with Crippen molar-refractivity contribution in [1.82, 2.24) is 9.59 Å². The molecule has 7 heteroatoms. The number of halogens is 1. The van der Waals surface area contributed by atoms with Gasteiger partial charge in [0.05, 0.1) is 4.90 Å². The zero-order valence-corrected chi connectivity index (χ0v) is 14.7. The van der Waals surface area contributed by atoms with Gasteiger partial charge in [-0.3, -0.25) is 0 Å². The van der Waals surface area contributed by atoms with E-state index in [2.05, 4.69) is 25.5 Å². The van der Waals surface area contributed by atoms with Gasteiger partial charge >= 0.3 is 0 Å². The summed E-state index contributed by atoms with van der Waals surface area (Å²) in [5.74, 6) is 0. The van der Waals surface area contributed by atoms with Gasteiger partial charge in [-0.2, -0.15) is 0 Å². The monoisotopic (exact) mass is 394 g/mol. The van der Waals surface area contributed by atoms with Crippen LogP contribution in [0.2, 0.25) is 0 Å². The Balaban J connectivity index is 2.11. The maximum absolute atomic E-state index is 12.8. The Morgan fingerprint density at radius 1 is 1.00 bits per heavy atom. The molecule has 4 nitrogen and oxygen atoms in total. The van der Waals surface area contributed by atoms with Gasteiger partial charge in [-0.05, 0) is 31.2 Å². The van der Waals surface area contributed by atoms with Crippen LogP contribution >= 0.6 is 27.5 Å². The molecule has 0 spiro atoms. The van der Waals surface area contributed by atoms with E-state index in [0.717, 1.165) is 27.1 Å². The fourth-order valence-electron chi connectivity index (χ4n) is 1.97. The van der Waals surface area contributed by atoms with E-state index in [9.17, 15) is 8.42 Å². The van der Waals surface area contributed by atoms with Crippen molar-refractivity contribution in [2.45, 2.75) is 16.0 Å². The van der Waals surface area contributed by atoms with E-state index in [1.807, 2.05) is 31.2 Å². The highest BCUT2D eigenvalue weighted by Gasteiger charge is 2.26. The molecule has 3 rings (SSSR count). The van der Waals surface area contributed by atoms with Crippen LogP contribution in [0.3, 0.4) is 0 Å². The summed E-state index contributed by atoms with van der Waals surface area (Å²) in [6, 6.07) is 14.1. The molecule has 3 aromatic rings. The van der Waals surface area contributed by atoms with Gasteiger partial charge in [-0.25, -0.2) is 8.42 Å². The summed E-state index contributed by atoms with van der Waals surface area (Å²) in [6.45, 7) is 1.91. The Morgan fingerprint density at radius 2 is 1.64 bits per heavy atom. The molecule has 112 valence electrons. The largest absolute Gasteiger partial charge is 0.219 e. The molecule has 1 aromatic heterocycles. The number of benzene rings is 2. The summed E-state index contributed by atoms with van der Waals surface area (Å²) in [5, 5.41) is 4.00. The topological polar surface area (TPSA) is 59.9 Å². The Morgan fingerprint density at radius 3 is 2.27 bits per heavy atom. The van der Waals surface area contributed by atoms with E-state index in [0.29, 0.717) is 5.69 Å². The number of aryl methyl sites for hydroxylation is 1. The summed E-state index contributed by atoms with van der Waals surface area (Å²) in [6.07, 6.45) is 0. The molecule has 0 fully saturated rings. The predicted octanol–water partition coefficient (Wildman–Crippen LogP) is 4.11. The van der Waals surface area contributed by atoms with Gasteiger partial charge in [0.25, 0.3) is 0 Å². The molecule has 0 aliphatic carbocycles. The van der Waals surface area contributed by atoms with Crippen molar-refractivity contribution in [2.75, 3.05) is 0 Å². The zero-order chi connectivity index (χ0) is 15.7. The first kappa shape index (κ1) is 15.3. The van der Waals surface area contributed by atoms with Crippen molar-refractivity contribution >= 4 is 37.3 Å². The van der Waals surface area contributed by atoms with Crippen LogP contribution in [0.1, 0.15) is 5.56 Å². The van der Waals surface area contributed by atoms with E-state index < -0.39 is 9.84 Å². The van der Waals surface area contributed by atoms with Crippen LogP contribution in [-0.4, -0.2) is 18.0 Å². The quantitative estimate of drug-likeness (QED) is 0.670. The smallest absolute Gasteiger partial charge is 0.218 e. The lowest BCUT2D eigenvalue weighted by Crippen LogP contribution is -2.01. The molecule has 0 amide bonds. The minimum atomic E-state index is -3.62. The number of sulfone groups is 1. The highest BCUT2D eigenvalue weighted by atomic mass is 79.9. The van der Waals surface area contributed by atoms with Crippen molar-refractivity contribution in [3.8, 4) is 11.3 Å². The number of rotatable bonds is 3. The fourth-order valence-corrected chi connectivity index (χ4v) is 4.58. The van der Waals surface area contributed by atoms with Crippen molar-refractivity contribution in [2.24, 2.45) is 0 Å². The number of hydrogen-bond donors (Lipinski definition) is 0. The van der Waals surface area contributed by atoms with Crippen molar-refractivity contribution in [3.05, 3.63) is 58.6 Å². The third-order valence-corrected chi connectivity index (χ3v) is 6.66. The number of aromatic nitrogens is 2. The lowest BCUT2D eigenvalue weighted by Gasteiger charge is -2.04. The normalized spacial score (nSPS) is 11.5. The van der Waals surface area contributed by atoms with Crippen LogP contribution < -0.4 is 0 Å². The maximum atomic E-state index is 12.8. The second-order valence-electron chi connectivity index (χ2n) is 4.73. The molecule has 22 heavy (non-hydrogen) atoms. The van der Waals surface area contributed by atoms with Crippen molar-refractivity contribution in [1.29, 1.82) is 0 Å². The Labute approximate surface area is 141 Å². The van der Waals surface area contributed by atoms with Gasteiger partial charge in [-0.1, -0.05) is 50.2 Å². The average Bonchev–Trinajstić information content (AvgIpc) is 2.99. The molecule has 0 bridgehead atoms. The van der Waals surface area contributed by atoms with Crippen LogP contribution in [0.15, 0.2) is 62.1 Å². The Kier molecular flexibility index (Phi) is 4.12. The molecule has 0 saturated carbocycles. The summed E-state index contributed by atoms with van der Waals surface area (Å²) in [4.78, 5) is 0.252. The Bertz CT molecular complexity index is 901. The number of hydrogen-bond acceptors (Lipinski definition) is 5. The standard InChI is InChI=1S/C15H11BrN2O2S2/c1-10-2-8-13(9-3-10)22(19,20)15-14(17-18-21-15)11-4-6-12(16)7-5-11/h2-9H,1H3. The zero-order valence-electron chi connectivity index (χ0n) is 11.5. The first-order chi connectivity index (χ1) is 10.5. The molecule has 0 radical (unpaired) electrons. The molecule has 0 aliphatic heterocycles. The number of nitrogens with zero attached hydrogens (tertiary/aromatic N) is 2. The summed E-state index contributed by atoms with van der Waals surface area (Å²) in [5.41, 5.74) is 2.12. The van der Waals surface area contributed by atoms with Crippen LogP contribution in [0.4, 0.5) is 0 Å². The van der Waals surface area contributed by atoms with E-state index in [1.54, 1.807) is 24.3 Å². The fraction of sp³-hybridized carbons (Fsp3) is 0.0667. The SMILES string of the molecule is Cc1ccc(S(=O)(=O)c2snnc2-c2ccc(Br)cc2)cc1. The molecular weight excluding hydrogens is 384 g/mol. The van der Waals surface area contributed by atoms with Crippen LogP contribution in [0.5, 0.6) is 0 Å². The molecule has 0 unspecified atom stereocenters. The minimum absolute atomic E-state index is 0.165. The summed E-state index contributed by atoms with van der Waals surface area (Å²) >= 11 is 4.25. The van der Waals surface area contributed by atoms with E-state index >= 15 is 0 Å². The Hall–Kier alpha value is -1.57. The molecule has 0 aliphatic rings. The first-order valence-corrected chi connectivity index (χ1v) is 9.43. The molecular formula is C15H11BrN2O2S2. The molecule has 1 heterocycles. The first-order valence-electron chi connectivity index (χ1n) is 6.38. The highest BCUT2D eigenvalue weighted by molar-refractivity contribution is 9.10. The van der Waals surface area contributed by atoms with E-state index in [1.165, 1.54) is 0 Å². The predicted molar refractivity (Wildman–Crippen MR) is 89.7 cm³/mol. The van der Waals surface area contributed by atoms with Gasteiger partial charge in [-0.15, -0.1) is 5.10 Å². The van der Waals surface area contributed by atoms with E-state index in [4.69, 9.17) is 0 Å². The lowest BCUT2D eigenvalue weighted by atomic mass is 10.2. The van der Waals surface area contributed by atoms with Crippen molar-refractivity contribution < 1.29 is 8.42 Å². The maximum Gasteiger partial charge on any atom is 0.219 e. The third kappa shape index (κ3) is 2.84.